The van der Waals surface area contributed by atoms with Gasteiger partial charge in [-0.1, -0.05) is 30.3 Å². The lowest BCUT2D eigenvalue weighted by Gasteiger charge is -2.16. The molecule has 0 heterocycles. The van der Waals surface area contributed by atoms with Gasteiger partial charge in [-0.2, -0.15) is 0 Å². The highest BCUT2D eigenvalue weighted by Gasteiger charge is 2.07. The van der Waals surface area contributed by atoms with Gasteiger partial charge in [-0.3, -0.25) is 0 Å². The molecule has 0 amide bonds. The quantitative estimate of drug-likeness (QED) is 0.861. The number of benzene rings is 2. The van der Waals surface area contributed by atoms with Crippen molar-refractivity contribution in [1.29, 1.82) is 0 Å². The van der Waals surface area contributed by atoms with Crippen molar-refractivity contribution in [1.82, 2.24) is 5.32 Å². The zero-order valence-corrected chi connectivity index (χ0v) is 11.7. The summed E-state index contributed by atoms with van der Waals surface area (Å²) in [5.74, 6) is -0.183. The molecule has 2 rings (SSSR count). The Kier molecular flexibility index (Phi) is 4.33. The number of nitrogens with one attached hydrogen (secondary N) is 1. The molecule has 19 heavy (non-hydrogen) atoms. The molecule has 1 N–H and O–H groups in total. The molecule has 0 unspecified atom stereocenters. The van der Waals surface area contributed by atoms with E-state index in [0.29, 0.717) is 0 Å². The van der Waals surface area contributed by atoms with Crippen molar-refractivity contribution >= 4 is 0 Å². The first-order valence-corrected chi connectivity index (χ1v) is 6.62. The molecule has 1 atom stereocenters. The summed E-state index contributed by atoms with van der Waals surface area (Å²) in [4.78, 5) is 0. The van der Waals surface area contributed by atoms with E-state index in [4.69, 9.17) is 0 Å². The Morgan fingerprint density at radius 1 is 1.11 bits per heavy atom. The van der Waals surface area contributed by atoms with E-state index in [1.165, 1.54) is 22.8 Å². The molecule has 0 aliphatic heterocycles. The molecule has 2 aromatic carbocycles. The molecule has 0 bridgehead atoms. The minimum absolute atomic E-state index is 0.135. The van der Waals surface area contributed by atoms with E-state index in [2.05, 4.69) is 44.3 Å². The van der Waals surface area contributed by atoms with Crippen LogP contribution >= 0.6 is 0 Å². The van der Waals surface area contributed by atoms with Crippen molar-refractivity contribution in [2.45, 2.75) is 33.4 Å². The maximum Gasteiger partial charge on any atom is 0.123 e. The number of rotatable bonds is 4. The van der Waals surface area contributed by atoms with Crippen molar-refractivity contribution in [3.8, 4) is 0 Å². The Labute approximate surface area is 114 Å². The summed E-state index contributed by atoms with van der Waals surface area (Å²) in [6.45, 7) is 7.11. The summed E-state index contributed by atoms with van der Waals surface area (Å²) in [5, 5.41) is 3.44. The Bertz CT molecular complexity index is 563. The second-order valence-corrected chi connectivity index (χ2v) is 5.02. The van der Waals surface area contributed by atoms with Gasteiger partial charge >= 0.3 is 0 Å². The van der Waals surface area contributed by atoms with Crippen LogP contribution in [0.25, 0.3) is 0 Å². The van der Waals surface area contributed by atoms with E-state index >= 15 is 0 Å². The highest BCUT2D eigenvalue weighted by atomic mass is 19.1. The highest BCUT2D eigenvalue weighted by Crippen LogP contribution is 2.16. The Balaban J connectivity index is 2.04. The average Bonchev–Trinajstić information content (AvgIpc) is 2.40. The van der Waals surface area contributed by atoms with Gasteiger partial charge in [0.05, 0.1) is 0 Å². The number of halogens is 1. The van der Waals surface area contributed by atoms with E-state index < -0.39 is 0 Å². The summed E-state index contributed by atoms with van der Waals surface area (Å²) in [6.07, 6.45) is 0. The molecular formula is C17H20FN. The predicted molar refractivity (Wildman–Crippen MR) is 77.6 cm³/mol. The van der Waals surface area contributed by atoms with E-state index in [1.807, 2.05) is 6.07 Å². The van der Waals surface area contributed by atoms with Crippen molar-refractivity contribution < 1.29 is 4.39 Å². The molecule has 0 aliphatic rings. The fourth-order valence-electron chi connectivity index (χ4n) is 2.16. The van der Waals surface area contributed by atoms with Crippen molar-refractivity contribution in [3.63, 3.8) is 0 Å². The van der Waals surface area contributed by atoms with Gasteiger partial charge in [-0.25, -0.2) is 4.39 Å². The topological polar surface area (TPSA) is 12.0 Å². The number of hydrogen-bond acceptors (Lipinski definition) is 1. The van der Waals surface area contributed by atoms with Gasteiger partial charge in [0.1, 0.15) is 5.82 Å². The van der Waals surface area contributed by atoms with E-state index in [1.54, 1.807) is 12.1 Å². The van der Waals surface area contributed by atoms with Crippen LogP contribution in [0.3, 0.4) is 0 Å². The van der Waals surface area contributed by atoms with Crippen molar-refractivity contribution in [3.05, 3.63) is 70.5 Å². The zero-order valence-electron chi connectivity index (χ0n) is 11.7. The van der Waals surface area contributed by atoms with Crippen molar-refractivity contribution in [2.24, 2.45) is 0 Å². The monoisotopic (exact) mass is 257 g/mol. The van der Waals surface area contributed by atoms with Gasteiger partial charge < -0.3 is 5.32 Å². The van der Waals surface area contributed by atoms with Gasteiger partial charge in [0.15, 0.2) is 0 Å². The summed E-state index contributed by atoms with van der Waals surface area (Å²) in [7, 11) is 0. The molecular weight excluding hydrogens is 237 g/mol. The summed E-state index contributed by atoms with van der Waals surface area (Å²) in [6, 6.07) is 13.2. The van der Waals surface area contributed by atoms with Crippen LogP contribution in [-0.4, -0.2) is 0 Å². The van der Waals surface area contributed by atoms with Crippen LogP contribution in [0.5, 0.6) is 0 Å². The lowest BCUT2D eigenvalue weighted by Crippen LogP contribution is -2.18. The highest BCUT2D eigenvalue weighted by molar-refractivity contribution is 5.33. The third kappa shape index (κ3) is 3.42. The van der Waals surface area contributed by atoms with Gasteiger partial charge in [-0.05, 0) is 55.2 Å². The Hall–Kier alpha value is -1.67. The SMILES string of the molecule is Cc1cccc(CN[C@@H](C)c2cccc(F)c2)c1C. The van der Waals surface area contributed by atoms with E-state index in [0.717, 1.165) is 12.1 Å². The minimum Gasteiger partial charge on any atom is -0.306 e. The maximum atomic E-state index is 13.2. The summed E-state index contributed by atoms with van der Waals surface area (Å²) < 4.78 is 13.2. The smallest absolute Gasteiger partial charge is 0.123 e. The predicted octanol–water partition coefficient (Wildman–Crippen LogP) is 4.29. The van der Waals surface area contributed by atoms with Gasteiger partial charge in [0.25, 0.3) is 0 Å². The van der Waals surface area contributed by atoms with Crippen LogP contribution in [0.15, 0.2) is 42.5 Å². The molecule has 0 saturated heterocycles. The standard InChI is InChI=1S/C17H20FN/c1-12-6-4-8-16(13(12)2)11-19-14(3)15-7-5-9-17(18)10-15/h4-10,14,19H,11H2,1-3H3/t14-/m0/s1. The molecule has 0 saturated carbocycles. The molecule has 2 aromatic rings. The van der Waals surface area contributed by atoms with Gasteiger partial charge in [0, 0.05) is 12.6 Å². The summed E-state index contributed by atoms with van der Waals surface area (Å²) in [5.41, 5.74) is 4.90. The average molecular weight is 257 g/mol. The molecule has 0 spiro atoms. The fraction of sp³-hybridized carbons (Fsp3) is 0.294. The second kappa shape index (κ2) is 5.98. The summed E-state index contributed by atoms with van der Waals surface area (Å²) >= 11 is 0. The van der Waals surface area contributed by atoms with Crippen LogP contribution in [0.1, 0.15) is 35.2 Å². The third-order valence-corrected chi connectivity index (χ3v) is 3.66. The lowest BCUT2D eigenvalue weighted by atomic mass is 10.0. The van der Waals surface area contributed by atoms with Gasteiger partial charge in [-0.15, -0.1) is 0 Å². The molecule has 2 heteroatoms. The van der Waals surface area contributed by atoms with Crippen LogP contribution in [0.4, 0.5) is 4.39 Å². The molecule has 100 valence electrons. The molecule has 0 radical (unpaired) electrons. The largest absolute Gasteiger partial charge is 0.306 e. The number of aryl methyl sites for hydroxylation is 1. The first-order chi connectivity index (χ1) is 9.08. The first-order valence-electron chi connectivity index (χ1n) is 6.62. The molecule has 0 aromatic heterocycles. The Morgan fingerprint density at radius 2 is 1.84 bits per heavy atom. The normalized spacial score (nSPS) is 12.4. The van der Waals surface area contributed by atoms with Crippen LogP contribution in [0, 0.1) is 19.7 Å². The lowest BCUT2D eigenvalue weighted by molar-refractivity contribution is 0.564. The maximum absolute atomic E-state index is 13.2. The van der Waals surface area contributed by atoms with Crippen LogP contribution in [-0.2, 0) is 6.54 Å². The second-order valence-electron chi connectivity index (χ2n) is 5.02. The van der Waals surface area contributed by atoms with E-state index in [-0.39, 0.29) is 11.9 Å². The number of hydrogen-bond donors (Lipinski definition) is 1. The first kappa shape index (κ1) is 13.8. The molecule has 1 nitrogen and oxygen atoms in total. The van der Waals surface area contributed by atoms with Gasteiger partial charge in [0.2, 0.25) is 0 Å². The van der Waals surface area contributed by atoms with Crippen LogP contribution in [0.2, 0.25) is 0 Å². The Morgan fingerprint density at radius 3 is 2.58 bits per heavy atom. The molecule has 0 aliphatic carbocycles. The van der Waals surface area contributed by atoms with Crippen LogP contribution < -0.4 is 5.32 Å². The van der Waals surface area contributed by atoms with Crippen molar-refractivity contribution in [2.75, 3.05) is 0 Å². The van der Waals surface area contributed by atoms with E-state index in [9.17, 15) is 4.39 Å². The minimum atomic E-state index is -0.183. The fourth-order valence-corrected chi connectivity index (χ4v) is 2.16. The third-order valence-electron chi connectivity index (χ3n) is 3.66. The molecule has 0 fully saturated rings. The zero-order chi connectivity index (χ0) is 13.8.